The van der Waals surface area contributed by atoms with Gasteiger partial charge in [0, 0.05) is 59.9 Å². The normalized spacial score (nSPS) is 11.0. The molecular formula is C51H53N5O. The maximum Gasteiger partial charge on any atom is 0.149 e. The number of anilines is 1. The number of benzene rings is 3. The molecule has 0 heterocycles. The Morgan fingerprint density at radius 3 is 1.75 bits per heavy atom. The molecule has 3 aromatic carbocycles. The number of unbranched alkanes of at least 4 members (excludes halogenated alkanes) is 2. The first kappa shape index (κ1) is 44.8. The third-order valence-corrected chi connectivity index (χ3v) is 9.23. The Morgan fingerprint density at radius 2 is 1.16 bits per heavy atom. The lowest BCUT2D eigenvalue weighted by atomic mass is 9.98. The molecule has 6 heteroatoms. The van der Waals surface area contributed by atoms with Gasteiger partial charge in [-0.05, 0) is 128 Å². The number of ether oxygens (including phenoxy) is 1. The van der Waals surface area contributed by atoms with Crippen molar-refractivity contribution in [3.05, 3.63) is 71.3 Å². The van der Waals surface area contributed by atoms with Gasteiger partial charge in [0.2, 0.25) is 0 Å². The highest BCUT2D eigenvalue weighted by molar-refractivity contribution is 5.64. The summed E-state index contributed by atoms with van der Waals surface area (Å²) >= 11 is 0. The monoisotopic (exact) mass is 751 g/mol. The largest absolute Gasteiger partial charge is 0.491 e. The minimum Gasteiger partial charge on any atom is -0.491 e. The summed E-state index contributed by atoms with van der Waals surface area (Å²) in [4.78, 5) is 2.08. The summed E-state index contributed by atoms with van der Waals surface area (Å²) in [7, 11) is 0. The van der Waals surface area contributed by atoms with Crippen LogP contribution in [0.2, 0.25) is 0 Å². The molecule has 0 amide bonds. The van der Waals surface area contributed by atoms with Crippen LogP contribution in [0.15, 0.2) is 75.1 Å². The van der Waals surface area contributed by atoms with E-state index in [1.807, 2.05) is 62.4 Å². The van der Waals surface area contributed by atoms with Crippen molar-refractivity contribution in [3.63, 3.8) is 0 Å². The number of terminal acetylenes is 1. The number of azo groups is 2. The molecule has 2 unspecified atom stereocenters. The fraction of sp³-hybridized carbons (Fsp3) is 0.373. The number of aryl methyl sites for hydroxylation is 3. The van der Waals surface area contributed by atoms with Crippen LogP contribution in [0, 0.1) is 116 Å². The third kappa shape index (κ3) is 16.7. The van der Waals surface area contributed by atoms with Crippen LogP contribution in [0.5, 0.6) is 5.75 Å². The Hall–Kier alpha value is -6.62. The van der Waals surface area contributed by atoms with E-state index >= 15 is 0 Å². The van der Waals surface area contributed by atoms with Crippen molar-refractivity contribution < 1.29 is 4.74 Å². The summed E-state index contributed by atoms with van der Waals surface area (Å²) < 4.78 is 6.47. The smallest absolute Gasteiger partial charge is 0.149 e. The molecule has 3 rings (SSSR count). The van der Waals surface area contributed by atoms with Crippen molar-refractivity contribution in [2.24, 2.45) is 32.3 Å². The summed E-state index contributed by atoms with van der Waals surface area (Å²) in [6.45, 7) is 16.4. The highest BCUT2D eigenvalue weighted by Crippen LogP contribution is 2.38. The second-order valence-corrected chi connectivity index (χ2v) is 13.7. The van der Waals surface area contributed by atoms with Gasteiger partial charge in [0.25, 0.3) is 0 Å². The lowest BCUT2D eigenvalue weighted by Gasteiger charge is -2.24. The molecule has 0 saturated heterocycles. The van der Waals surface area contributed by atoms with Gasteiger partial charge in [-0.2, -0.15) is 15.3 Å². The van der Waals surface area contributed by atoms with Gasteiger partial charge in [-0.3, -0.25) is 0 Å². The zero-order chi connectivity index (χ0) is 41.1. The SMILES string of the molecule is C#CC#CC#CC#CC#CC#CC#CN(CC(CC)CCCC)c1ccc(N=Nc2cc(C)c(N=Nc3ccc(C)cc3)cc2OCC(CC)CCCC)c(C)c1. The fourth-order valence-electron chi connectivity index (χ4n) is 5.62. The second-order valence-electron chi connectivity index (χ2n) is 13.7. The van der Waals surface area contributed by atoms with Gasteiger partial charge in [-0.1, -0.05) is 83.9 Å². The van der Waals surface area contributed by atoms with Crippen LogP contribution in [-0.2, 0) is 0 Å². The quantitative estimate of drug-likeness (QED) is 0.0738. The Morgan fingerprint density at radius 1 is 0.596 bits per heavy atom. The molecule has 0 aliphatic rings. The van der Waals surface area contributed by atoms with E-state index in [0.717, 1.165) is 78.9 Å². The Kier molecular flexibility index (Phi) is 20.6. The molecule has 0 fully saturated rings. The zero-order valence-electron chi connectivity index (χ0n) is 34.6. The average molecular weight is 752 g/mol. The first-order chi connectivity index (χ1) is 27.8. The van der Waals surface area contributed by atoms with Gasteiger partial charge in [-0.15, -0.1) is 11.5 Å². The van der Waals surface area contributed by atoms with Crippen molar-refractivity contribution in [1.29, 1.82) is 0 Å². The molecule has 0 radical (unpaired) electrons. The highest BCUT2D eigenvalue weighted by Gasteiger charge is 2.15. The Bertz CT molecular complexity index is 2280. The van der Waals surface area contributed by atoms with Crippen LogP contribution >= 0.6 is 0 Å². The van der Waals surface area contributed by atoms with Crippen molar-refractivity contribution in [2.45, 2.75) is 99.8 Å². The summed E-state index contributed by atoms with van der Waals surface area (Å²) in [5.74, 6) is 32.8. The first-order valence-electron chi connectivity index (χ1n) is 19.8. The molecule has 57 heavy (non-hydrogen) atoms. The van der Waals surface area contributed by atoms with E-state index < -0.39 is 0 Å². The predicted molar refractivity (Wildman–Crippen MR) is 237 cm³/mol. The first-order valence-corrected chi connectivity index (χ1v) is 19.8. The molecule has 0 saturated carbocycles. The summed E-state index contributed by atoms with van der Waals surface area (Å²) in [5, 5.41) is 18.5. The third-order valence-electron chi connectivity index (χ3n) is 9.23. The summed E-state index contributed by atoms with van der Waals surface area (Å²) in [6.07, 6.45) is 14.1. The van der Waals surface area contributed by atoms with E-state index in [4.69, 9.17) is 21.4 Å². The standard InChI is InChI=1S/C51H53N5O/c1-9-14-17-18-19-20-21-22-23-24-25-26-35-56(39-44(12-4)27-15-10-2)47-33-34-48(42(7)36-47)53-55-50-37-43(8)49(54-52-46-31-29-41(6)30-32-46)38-51(50)57-40-45(13-5)28-16-11-3/h1,29-34,36-38,44-45H,10-13,15-16,27-28,39-40H2,2-8H3. The number of hydrogen-bond donors (Lipinski definition) is 0. The van der Waals surface area contributed by atoms with E-state index in [1.54, 1.807) is 0 Å². The molecule has 6 nitrogen and oxygen atoms in total. The Labute approximate surface area is 342 Å². The topological polar surface area (TPSA) is 61.9 Å². The fourth-order valence-corrected chi connectivity index (χ4v) is 5.62. The van der Waals surface area contributed by atoms with Crippen LogP contribution in [0.1, 0.15) is 95.8 Å². The maximum atomic E-state index is 6.47. The van der Waals surface area contributed by atoms with Crippen molar-refractivity contribution in [2.75, 3.05) is 18.1 Å². The highest BCUT2D eigenvalue weighted by atomic mass is 16.5. The molecule has 0 aromatic heterocycles. The van der Waals surface area contributed by atoms with Gasteiger partial charge in [0.05, 0.1) is 23.7 Å². The van der Waals surface area contributed by atoms with Gasteiger partial charge in [0.15, 0.2) is 0 Å². The van der Waals surface area contributed by atoms with Gasteiger partial charge >= 0.3 is 0 Å². The predicted octanol–water partition coefficient (Wildman–Crippen LogP) is 12.7. The van der Waals surface area contributed by atoms with Gasteiger partial charge in [-0.25, -0.2) is 0 Å². The van der Waals surface area contributed by atoms with Crippen LogP contribution in [0.4, 0.5) is 28.4 Å². The van der Waals surface area contributed by atoms with E-state index in [1.165, 1.54) is 18.4 Å². The van der Waals surface area contributed by atoms with E-state index in [0.29, 0.717) is 29.9 Å². The van der Waals surface area contributed by atoms with Crippen LogP contribution in [-0.4, -0.2) is 13.2 Å². The van der Waals surface area contributed by atoms with Gasteiger partial charge in [0.1, 0.15) is 11.4 Å². The molecule has 0 bridgehead atoms. The lowest BCUT2D eigenvalue weighted by molar-refractivity contribution is 0.234. The molecule has 0 N–H and O–H groups in total. The Balaban J connectivity index is 1.92. The van der Waals surface area contributed by atoms with E-state index in [9.17, 15) is 0 Å². The number of rotatable bonds is 18. The zero-order valence-corrected chi connectivity index (χ0v) is 34.6. The number of nitrogens with zero attached hydrogens (tertiary/aromatic N) is 5. The summed E-state index contributed by atoms with van der Waals surface area (Å²) in [5.41, 5.74) is 6.99. The molecular weight excluding hydrogens is 699 g/mol. The molecule has 0 aliphatic heterocycles. The van der Waals surface area contributed by atoms with Crippen molar-refractivity contribution >= 4 is 28.4 Å². The molecule has 288 valence electrons. The van der Waals surface area contributed by atoms with E-state index in [-0.39, 0.29) is 0 Å². The van der Waals surface area contributed by atoms with Crippen molar-refractivity contribution in [3.8, 4) is 89.3 Å². The molecule has 2 atom stereocenters. The molecule has 0 aliphatic carbocycles. The molecule has 3 aromatic rings. The molecule has 0 spiro atoms. The van der Waals surface area contributed by atoms with Crippen LogP contribution in [0.25, 0.3) is 0 Å². The summed E-state index contributed by atoms with van der Waals surface area (Å²) in [6, 6.07) is 21.3. The maximum absolute atomic E-state index is 6.47. The average Bonchev–Trinajstić information content (AvgIpc) is 3.22. The lowest BCUT2D eigenvalue weighted by Crippen LogP contribution is -2.25. The number of hydrogen-bond acceptors (Lipinski definition) is 6. The van der Waals surface area contributed by atoms with Gasteiger partial charge < -0.3 is 9.64 Å². The minimum absolute atomic E-state index is 0.452. The van der Waals surface area contributed by atoms with Crippen LogP contribution in [0.3, 0.4) is 0 Å². The van der Waals surface area contributed by atoms with Crippen LogP contribution < -0.4 is 9.64 Å². The van der Waals surface area contributed by atoms with E-state index in [2.05, 4.69) is 133 Å². The minimum atomic E-state index is 0.452. The second kappa shape index (κ2) is 26.2. The van der Waals surface area contributed by atoms with Crippen molar-refractivity contribution in [1.82, 2.24) is 0 Å².